The molecule has 2 N–H and O–H groups in total. The number of oxazole rings is 1. The molecule has 0 saturated heterocycles. The van der Waals surface area contributed by atoms with E-state index in [0.717, 1.165) is 23.3 Å². The third-order valence-corrected chi connectivity index (χ3v) is 7.33. The Kier molecular flexibility index (Phi) is 4.83. The van der Waals surface area contributed by atoms with Crippen LogP contribution in [0.4, 0.5) is 5.69 Å². The first-order valence-electron chi connectivity index (χ1n) is 11.3. The fourth-order valence-corrected chi connectivity index (χ4v) is 6.56. The molecule has 1 aromatic heterocycles. The summed E-state index contributed by atoms with van der Waals surface area (Å²) < 4.78 is 5.70. The Morgan fingerprint density at radius 3 is 2.40 bits per heavy atom. The number of anilines is 1. The number of hydrogen-bond acceptors (Lipinski definition) is 4. The van der Waals surface area contributed by atoms with Crippen LogP contribution < -0.4 is 10.6 Å². The van der Waals surface area contributed by atoms with E-state index in [1.165, 1.54) is 38.5 Å². The first kappa shape index (κ1) is 19.6. The van der Waals surface area contributed by atoms with E-state index in [0.29, 0.717) is 23.6 Å². The lowest BCUT2D eigenvalue weighted by Crippen LogP contribution is -2.48. The molecule has 1 heterocycles. The van der Waals surface area contributed by atoms with E-state index in [1.807, 2.05) is 19.9 Å². The molecule has 0 aliphatic heterocycles. The first-order chi connectivity index (χ1) is 14.4. The van der Waals surface area contributed by atoms with E-state index in [2.05, 4.69) is 15.6 Å². The van der Waals surface area contributed by atoms with Gasteiger partial charge in [0.15, 0.2) is 11.5 Å². The molecule has 4 fully saturated rings. The highest BCUT2D eigenvalue weighted by Crippen LogP contribution is 2.61. The molecule has 0 atom stereocenters. The van der Waals surface area contributed by atoms with Gasteiger partial charge in [-0.1, -0.05) is 13.8 Å². The number of benzene rings is 1. The summed E-state index contributed by atoms with van der Waals surface area (Å²) in [6.45, 7) is 4.05. The maximum absolute atomic E-state index is 12.6. The van der Waals surface area contributed by atoms with Crippen molar-refractivity contribution in [3.05, 3.63) is 24.1 Å². The largest absolute Gasteiger partial charge is 0.440 e. The van der Waals surface area contributed by atoms with Gasteiger partial charge >= 0.3 is 0 Å². The third-order valence-electron chi connectivity index (χ3n) is 7.33. The van der Waals surface area contributed by atoms with Crippen LogP contribution in [-0.4, -0.2) is 23.3 Å². The molecule has 0 unspecified atom stereocenters. The maximum atomic E-state index is 12.6. The lowest BCUT2D eigenvalue weighted by atomic mass is 9.49. The van der Waals surface area contributed by atoms with Crippen LogP contribution in [-0.2, 0) is 9.59 Å². The molecule has 4 bridgehead atoms. The van der Waals surface area contributed by atoms with Crippen molar-refractivity contribution < 1.29 is 14.0 Å². The Bertz CT molecular complexity index is 942. The van der Waals surface area contributed by atoms with Gasteiger partial charge in [-0.05, 0) is 79.9 Å². The summed E-state index contributed by atoms with van der Waals surface area (Å²) in [7, 11) is 0. The molecule has 1 aromatic carbocycles. The summed E-state index contributed by atoms with van der Waals surface area (Å²) in [6, 6.07) is 5.42. The first-order valence-corrected chi connectivity index (χ1v) is 11.3. The average Bonchev–Trinajstić information content (AvgIpc) is 3.09. The van der Waals surface area contributed by atoms with Crippen LogP contribution in [0.1, 0.15) is 70.6 Å². The van der Waals surface area contributed by atoms with Crippen LogP contribution >= 0.6 is 0 Å². The van der Waals surface area contributed by atoms with Gasteiger partial charge < -0.3 is 15.1 Å². The molecule has 2 aromatic rings. The fraction of sp³-hybridized carbons (Fsp3) is 0.625. The monoisotopic (exact) mass is 409 g/mol. The molecule has 6 nitrogen and oxygen atoms in total. The van der Waals surface area contributed by atoms with Gasteiger partial charge in [0.2, 0.25) is 11.8 Å². The Labute approximate surface area is 177 Å². The Morgan fingerprint density at radius 2 is 1.77 bits per heavy atom. The summed E-state index contributed by atoms with van der Waals surface area (Å²) in [6.07, 6.45) is 8.30. The van der Waals surface area contributed by atoms with Gasteiger partial charge in [0.05, 0.1) is 6.54 Å². The predicted molar refractivity (Wildman–Crippen MR) is 115 cm³/mol. The van der Waals surface area contributed by atoms with E-state index in [-0.39, 0.29) is 29.7 Å². The summed E-state index contributed by atoms with van der Waals surface area (Å²) in [5, 5.41) is 5.70. The number of nitrogens with zero attached hydrogens (tertiary/aromatic N) is 1. The van der Waals surface area contributed by atoms with Gasteiger partial charge in [-0.2, -0.15) is 0 Å². The smallest absolute Gasteiger partial charge is 0.243 e. The van der Waals surface area contributed by atoms with Crippen LogP contribution in [0.3, 0.4) is 0 Å². The van der Waals surface area contributed by atoms with Crippen molar-refractivity contribution >= 4 is 28.6 Å². The van der Waals surface area contributed by atoms with Gasteiger partial charge in [0.1, 0.15) is 5.52 Å². The summed E-state index contributed by atoms with van der Waals surface area (Å²) in [5.41, 5.74) is 2.29. The van der Waals surface area contributed by atoms with E-state index in [4.69, 9.17) is 4.42 Å². The van der Waals surface area contributed by atoms with E-state index in [9.17, 15) is 9.59 Å². The van der Waals surface area contributed by atoms with Gasteiger partial charge in [0.25, 0.3) is 0 Å². The maximum Gasteiger partial charge on any atom is 0.243 e. The standard InChI is InChI=1S/C24H31N3O3/c1-14(2)23-27-19-8-18(3-4-20(19)30-23)26-22(29)13-25-21(28)12-24-9-15-5-16(10-24)7-17(6-15)11-24/h3-4,8,14-17H,5-7,9-13H2,1-2H3,(H,25,28)(H,26,29). The molecule has 160 valence electrons. The van der Waals surface area contributed by atoms with Crippen molar-refractivity contribution in [1.29, 1.82) is 0 Å². The fourth-order valence-electron chi connectivity index (χ4n) is 6.56. The average molecular weight is 410 g/mol. The van der Waals surface area contributed by atoms with Crippen LogP contribution in [0.2, 0.25) is 0 Å². The Hall–Kier alpha value is -2.37. The second kappa shape index (κ2) is 7.40. The highest BCUT2D eigenvalue weighted by atomic mass is 16.3. The number of rotatable bonds is 6. The Morgan fingerprint density at radius 1 is 1.10 bits per heavy atom. The molecule has 0 spiro atoms. The number of carbonyl (C=O) groups excluding carboxylic acids is 2. The van der Waals surface area contributed by atoms with E-state index >= 15 is 0 Å². The molecule has 4 aliphatic rings. The highest BCUT2D eigenvalue weighted by molar-refractivity contribution is 5.96. The minimum absolute atomic E-state index is 0.000699. The zero-order valence-corrected chi connectivity index (χ0v) is 17.9. The van der Waals surface area contributed by atoms with Crippen molar-refractivity contribution in [3.8, 4) is 0 Å². The minimum atomic E-state index is -0.221. The zero-order chi connectivity index (χ0) is 20.9. The molecular formula is C24H31N3O3. The van der Waals surface area contributed by atoms with Gasteiger partial charge in [-0.25, -0.2) is 4.98 Å². The number of carbonyl (C=O) groups is 2. The van der Waals surface area contributed by atoms with Gasteiger partial charge in [-0.15, -0.1) is 0 Å². The molecule has 6 heteroatoms. The molecule has 4 saturated carbocycles. The van der Waals surface area contributed by atoms with Crippen molar-refractivity contribution in [1.82, 2.24) is 10.3 Å². The molecule has 6 rings (SSSR count). The summed E-state index contributed by atoms with van der Waals surface area (Å²) in [5.74, 6) is 3.17. The molecule has 30 heavy (non-hydrogen) atoms. The number of hydrogen-bond donors (Lipinski definition) is 2. The van der Waals surface area contributed by atoms with Crippen molar-refractivity contribution in [2.24, 2.45) is 23.2 Å². The molecule has 4 aliphatic carbocycles. The van der Waals surface area contributed by atoms with Crippen LogP contribution in [0.5, 0.6) is 0 Å². The summed E-state index contributed by atoms with van der Waals surface area (Å²) >= 11 is 0. The normalized spacial score (nSPS) is 29.5. The van der Waals surface area contributed by atoms with Crippen molar-refractivity contribution in [2.45, 2.75) is 64.7 Å². The highest BCUT2D eigenvalue weighted by Gasteiger charge is 2.51. The molecule has 2 amide bonds. The zero-order valence-electron chi connectivity index (χ0n) is 17.9. The molecular weight excluding hydrogens is 378 g/mol. The van der Waals surface area contributed by atoms with Crippen molar-refractivity contribution in [3.63, 3.8) is 0 Å². The van der Waals surface area contributed by atoms with E-state index in [1.54, 1.807) is 12.1 Å². The lowest BCUT2D eigenvalue weighted by Gasteiger charge is -2.56. The van der Waals surface area contributed by atoms with Gasteiger partial charge in [-0.3, -0.25) is 9.59 Å². The van der Waals surface area contributed by atoms with Crippen LogP contribution in [0.25, 0.3) is 11.1 Å². The number of nitrogens with one attached hydrogen (secondary N) is 2. The second-order valence-corrected chi connectivity index (χ2v) is 10.3. The number of amides is 2. The number of aromatic nitrogens is 1. The molecule has 0 radical (unpaired) electrons. The third kappa shape index (κ3) is 3.84. The van der Waals surface area contributed by atoms with E-state index < -0.39 is 0 Å². The van der Waals surface area contributed by atoms with Crippen molar-refractivity contribution in [2.75, 3.05) is 11.9 Å². The Balaban J connectivity index is 1.15. The van der Waals surface area contributed by atoms with Crippen LogP contribution in [0.15, 0.2) is 22.6 Å². The lowest BCUT2D eigenvalue weighted by molar-refractivity contribution is -0.131. The summed E-state index contributed by atoms with van der Waals surface area (Å²) in [4.78, 5) is 29.4. The van der Waals surface area contributed by atoms with Crippen LogP contribution in [0, 0.1) is 23.2 Å². The second-order valence-electron chi connectivity index (χ2n) is 10.3. The SMILES string of the molecule is CC(C)c1nc2cc(NC(=O)CNC(=O)CC34CC5CC(CC(C5)C3)C4)ccc2o1. The predicted octanol–water partition coefficient (Wildman–Crippen LogP) is 4.61. The van der Waals surface area contributed by atoms with Gasteiger partial charge in [0, 0.05) is 18.0 Å². The quantitative estimate of drug-likeness (QED) is 0.729. The minimum Gasteiger partial charge on any atom is -0.440 e. The topological polar surface area (TPSA) is 84.2 Å². The number of fused-ring (bicyclic) bond motifs is 1.